The molecule has 1 rings (SSSR count). The normalized spacial score (nSPS) is 12.2. The molecule has 0 bridgehead atoms. The van der Waals surface area contributed by atoms with Gasteiger partial charge in [0.15, 0.2) is 0 Å². The van der Waals surface area contributed by atoms with Gasteiger partial charge in [0, 0.05) is 11.6 Å². The number of hydrogen-bond donors (Lipinski definition) is 3. The van der Waals surface area contributed by atoms with Crippen molar-refractivity contribution in [2.75, 3.05) is 12.8 Å². The zero-order chi connectivity index (χ0) is 11.6. The number of hydrogen-bond acceptors (Lipinski definition) is 5. The van der Waals surface area contributed by atoms with Crippen LogP contribution in [0.15, 0.2) is 12.1 Å². The van der Waals surface area contributed by atoms with Crippen molar-refractivity contribution in [3.8, 4) is 5.75 Å². The van der Waals surface area contributed by atoms with Crippen molar-refractivity contribution in [2.24, 2.45) is 5.73 Å². The molecule has 0 fully saturated rings. The summed E-state index contributed by atoms with van der Waals surface area (Å²) in [5, 5.41) is 9.46. The number of carbonyl (C=O) groups is 1. The number of esters is 1. The smallest absolute Gasteiger partial charge is 0.327 e. The number of anilines is 1. The zero-order valence-electron chi connectivity index (χ0n) is 8.03. The third-order valence-corrected chi connectivity index (χ3v) is 1.92. The summed E-state index contributed by atoms with van der Waals surface area (Å²) in [6.45, 7) is 0. The van der Waals surface area contributed by atoms with Crippen LogP contribution in [-0.2, 0) is 9.53 Å². The van der Waals surface area contributed by atoms with Crippen LogP contribution >= 0.6 is 0 Å². The maximum Gasteiger partial charge on any atom is 0.327 e. The molecule has 0 unspecified atom stereocenters. The van der Waals surface area contributed by atoms with E-state index in [-0.39, 0.29) is 11.3 Å². The molecule has 6 heteroatoms. The Balaban J connectivity index is 3.19. The van der Waals surface area contributed by atoms with Gasteiger partial charge >= 0.3 is 5.97 Å². The molecular formula is C9H11FN2O3. The highest BCUT2D eigenvalue weighted by Gasteiger charge is 2.21. The molecule has 0 radical (unpaired) electrons. The molecule has 0 spiro atoms. The minimum Gasteiger partial charge on any atom is -0.505 e. The molecule has 0 aromatic heterocycles. The van der Waals surface area contributed by atoms with Crippen molar-refractivity contribution in [3.63, 3.8) is 0 Å². The molecule has 1 aromatic rings. The standard InChI is InChI=1S/C9H11FN2O3/c1-15-9(14)7(12)5-2-4(10)3-6(11)8(5)13/h2-3,7,13H,11-12H2,1H3/t7-/m0/s1. The van der Waals surface area contributed by atoms with Gasteiger partial charge in [-0.25, -0.2) is 4.39 Å². The lowest BCUT2D eigenvalue weighted by Crippen LogP contribution is -2.23. The zero-order valence-corrected chi connectivity index (χ0v) is 8.03. The SMILES string of the molecule is COC(=O)[C@@H](N)c1cc(F)cc(N)c1O. The molecule has 15 heavy (non-hydrogen) atoms. The molecule has 5 nitrogen and oxygen atoms in total. The Hall–Kier alpha value is -1.82. The molecule has 1 atom stereocenters. The number of ether oxygens (including phenoxy) is 1. The fourth-order valence-electron chi connectivity index (χ4n) is 1.13. The second-order valence-electron chi connectivity index (χ2n) is 2.93. The summed E-state index contributed by atoms with van der Waals surface area (Å²) in [4.78, 5) is 11.1. The average Bonchev–Trinajstić information content (AvgIpc) is 2.21. The van der Waals surface area contributed by atoms with Gasteiger partial charge in [0.1, 0.15) is 17.6 Å². The number of rotatable bonds is 2. The number of phenolic OH excluding ortho intramolecular Hbond substituents is 1. The van der Waals surface area contributed by atoms with E-state index in [9.17, 15) is 14.3 Å². The van der Waals surface area contributed by atoms with Crippen LogP contribution in [0.3, 0.4) is 0 Å². The van der Waals surface area contributed by atoms with Crippen molar-refractivity contribution in [1.29, 1.82) is 0 Å². The third kappa shape index (κ3) is 2.16. The number of nitrogens with two attached hydrogens (primary N) is 2. The predicted molar refractivity (Wildman–Crippen MR) is 51.4 cm³/mol. The van der Waals surface area contributed by atoms with Crippen LogP contribution in [0.25, 0.3) is 0 Å². The average molecular weight is 214 g/mol. The van der Waals surface area contributed by atoms with Crippen LogP contribution in [0.1, 0.15) is 11.6 Å². The Kier molecular flexibility index (Phi) is 3.11. The Morgan fingerprint density at radius 2 is 2.20 bits per heavy atom. The lowest BCUT2D eigenvalue weighted by Gasteiger charge is -2.12. The quantitative estimate of drug-likeness (QED) is 0.373. The van der Waals surface area contributed by atoms with Crippen molar-refractivity contribution in [3.05, 3.63) is 23.5 Å². The summed E-state index contributed by atoms with van der Waals surface area (Å²) >= 11 is 0. The second-order valence-corrected chi connectivity index (χ2v) is 2.93. The molecule has 0 saturated heterocycles. The van der Waals surface area contributed by atoms with Gasteiger partial charge in [0.2, 0.25) is 0 Å². The maximum absolute atomic E-state index is 12.9. The van der Waals surface area contributed by atoms with Gasteiger partial charge in [-0.2, -0.15) is 0 Å². The van der Waals surface area contributed by atoms with Gasteiger partial charge in [-0.3, -0.25) is 4.79 Å². The van der Waals surface area contributed by atoms with Gasteiger partial charge in [0.25, 0.3) is 0 Å². The van der Waals surface area contributed by atoms with Crippen LogP contribution in [0.5, 0.6) is 5.75 Å². The van der Waals surface area contributed by atoms with Crippen LogP contribution in [-0.4, -0.2) is 18.2 Å². The molecule has 82 valence electrons. The molecular weight excluding hydrogens is 203 g/mol. The summed E-state index contributed by atoms with van der Waals surface area (Å²) in [6.07, 6.45) is 0. The molecule has 0 aliphatic rings. The van der Waals surface area contributed by atoms with E-state index < -0.39 is 23.6 Å². The first-order valence-corrected chi connectivity index (χ1v) is 4.08. The first-order chi connectivity index (χ1) is 6.97. The highest BCUT2D eigenvalue weighted by atomic mass is 19.1. The molecule has 0 aliphatic carbocycles. The Morgan fingerprint density at radius 1 is 1.60 bits per heavy atom. The van der Waals surface area contributed by atoms with Gasteiger partial charge < -0.3 is 21.3 Å². The first kappa shape index (κ1) is 11.3. The Labute approximate surface area is 85.4 Å². The monoisotopic (exact) mass is 214 g/mol. The first-order valence-electron chi connectivity index (χ1n) is 4.08. The number of benzene rings is 1. The van der Waals surface area contributed by atoms with Crippen LogP contribution in [0, 0.1) is 5.82 Å². The van der Waals surface area contributed by atoms with E-state index >= 15 is 0 Å². The van der Waals surface area contributed by atoms with Gasteiger partial charge in [0.05, 0.1) is 12.8 Å². The number of aromatic hydroxyl groups is 1. The molecule has 0 saturated carbocycles. The highest BCUT2D eigenvalue weighted by molar-refractivity contribution is 5.79. The summed E-state index contributed by atoms with van der Waals surface area (Å²) in [5.41, 5.74) is 10.5. The van der Waals surface area contributed by atoms with Crippen molar-refractivity contribution < 1.29 is 19.0 Å². The van der Waals surface area contributed by atoms with E-state index in [1.54, 1.807) is 0 Å². The van der Waals surface area contributed by atoms with Crippen molar-refractivity contribution in [1.82, 2.24) is 0 Å². The second kappa shape index (κ2) is 4.14. The number of nitrogen functional groups attached to an aromatic ring is 1. The fourth-order valence-corrected chi connectivity index (χ4v) is 1.13. The van der Waals surface area contributed by atoms with E-state index in [1.807, 2.05) is 0 Å². The predicted octanol–water partition coefficient (Wildman–Crippen LogP) is 0.286. The van der Waals surface area contributed by atoms with Crippen LogP contribution in [0.4, 0.5) is 10.1 Å². The number of halogens is 1. The molecule has 1 aromatic carbocycles. The molecule has 0 heterocycles. The van der Waals surface area contributed by atoms with Gasteiger partial charge in [-0.15, -0.1) is 0 Å². The fraction of sp³-hybridized carbons (Fsp3) is 0.222. The summed E-state index contributed by atoms with van der Waals surface area (Å²) in [7, 11) is 1.14. The minimum absolute atomic E-state index is 0.0978. The van der Waals surface area contributed by atoms with Crippen molar-refractivity contribution >= 4 is 11.7 Å². The van der Waals surface area contributed by atoms with E-state index in [1.165, 1.54) is 0 Å². The highest BCUT2D eigenvalue weighted by Crippen LogP contribution is 2.30. The topological polar surface area (TPSA) is 98.6 Å². The van der Waals surface area contributed by atoms with E-state index in [0.29, 0.717) is 0 Å². The Morgan fingerprint density at radius 3 is 2.73 bits per heavy atom. The van der Waals surface area contributed by atoms with Crippen LogP contribution in [0.2, 0.25) is 0 Å². The number of phenols is 1. The van der Waals surface area contributed by atoms with Crippen LogP contribution < -0.4 is 11.5 Å². The summed E-state index contributed by atoms with van der Waals surface area (Å²) in [5.74, 6) is -1.87. The lowest BCUT2D eigenvalue weighted by atomic mass is 10.1. The maximum atomic E-state index is 12.9. The summed E-state index contributed by atoms with van der Waals surface area (Å²) < 4.78 is 17.3. The van der Waals surface area contributed by atoms with Gasteiger partial charge in [-0.1, -0.05) is 0 Å². The molecule has 0 aliphatic heterocycles. The molecule has 0 amide bonds. The largest absolute Gasteiger partial charge is 0.505 e. The Bertz CT molecular complexity index is 395. The minimum atomic E-state index is -1.26. The van der Waals surface area contributed by atoms with Gasteiger partial charge in [-0.05, 0) is 6.07 Å². The third-order valence-electron chi connectivity index (χ3n) is 1.92. The van der Waals surface area contributed by atoms with E-state index in [0.717, 1.165) is 19.2 Å². The molecule has 5 N–H and O–H groups in total. The van der Waals surface area contributed by atoms with Crippen molar-refractivity contribution in [2.45, 2.75) is 6.04 Å². The summed E-state index contributed by atoms with van der Waals surface area (Å²) in [6, 6.07) is 0.615. The lowest BCUT2D eigenvalue weighted by molar-refractivity contribution is -0.142. The van der Waals surface area contributed by atoms with E-state index in [2.05, 4.69) is 4.74 Å². The number of methoxy groups -OCH3 is 1. The van der Waals surface area contributed by atoms with E-state index in [4.69, 9.17) is 11.5 Å². The number of carbonyl (C=O) groups excluding carboxylic acids is 1.